The second-order valence-corrected chi connectivity index (χ2v) is 8.09. The normalized spacial score (nSPS) is 12.3. The van der Waals surface area contributed by atoms with E-state index in [9.17, 15) is 8.78 Å². The fraction of sp³-hybridized carbons (Fsp3) is 0.300. The number of ether oxygens (including phenoxy) is 1. The topological polar surface area (TPSA) is 48.2 Å². The molecule has 0 spiro atoms. The molecule has 0 amide bonds. The van der Waals surface area contributed by atoms with E-state index in [1.54, 1.807) is 18.2 Å². The summed E-state index contributed by atoms with van der Waals surface area (Å²) in [5, 5.41) is 8.70. The third kappa shape index (κ3) is 5.72. The Kier molecular flexibility index (Phi) is 7.33. The van der Waals surface area contributed by atoms with Gasteiger partial charge in [0.1, 0.15) is 5.75 Å². The molecule has 0 N–H and O–H groups in total. The van der Waals surface area contributed by atoms with Crippen LogP contribution in [0.2, 0.25) is 0 Å². The first-order chi connectivity index (χ1) is 13.5. The Morgan fingerprint density at radius 2 is 1.89 bits per heavy atom. The number of hydrogen-bond donors (Lipinski definition) is 0. The van der Waals surface area contributed by atoms with E-state index < -0.39 is 5.76 Å². The van der Waals surface area contributed by atoms with E-state index in [0.717, 1.165) is 5.56 Å². The zero-order valence-electron chi connectivity index (χ0n) is 15.5. The summed E-state index contributed by atoms with van der Waals surface area (Å²) >= 11 is 1.88. The molecule has 0 fully saturated rings. The van der Waals surface area contributed by atoms with E-state index in [1.165, 1.54) is 24.4 Å². The van der Waals surface area contributed by atoms with Crippen LogP contribution in [0.15, 0.2) is 63.1 Å². The summed E-state index contributed by atoms with van der Waals surface area (Å²) in [6, 6.07) is 15.4. The zero-order chi connectivity index (χ0) is 19.9. The van der Waals surface area contributed by atoms with E-state index in [4.69, 9.17) is 9.15 Å². The van der Waals surface area contributed by atoms with Crippen molar-refractivity contribution in [3.05, 3.63) is 65.5 Å². The van der Waals surface area contributed by atoms with Gasteiger partial charge in [-0.1, -0.05) is 66.8 Å². The van der Waals surface area contributed by atoms with Gasteiger partial charge in [-0.15, -0.1) is 10.2 Å². The Hall–Kier alpha value is -2.06. The molecule has 1 atom stereocenters. The van der Waals surface area contributed by atoms with Gasteiger partial charge in [0.2, 0.25) is 5.89 Å². The second kappa shape index (κ2) is 9.93. The van der Waals surface area contributed by atoms with Gasteiger partial charge in [-0.2, -0.15) is 8.78 Å². The van der Waals surface area contributed by atoms with Crippen molar-refractivity contribution in [3.8, 4) is 5.75 Å². The molecule has 1 aromatic heterocycles. The van der Waals surface area contributed by atoms with Crippen molar-refractivity contribution in [2.24, 2.45) is 0 Å². The van der Waals surface area contributed by atoms with Crippen LogP contribution in [0.5, 0.6) is 5.75 Å². The van der Waals surface area contributed by atoms with E-state index in [1.807, 2.05) is 18.2 Å². The molecule has 8 heteroatoms. The molecular weight excluding hydrogens is 402 g/mol. The molecule has 1 unspecified atom stereocenters. The third-order valence-electron chi connectivity index (χ3n) is 4.10. The minimum atomic E-state index is -2.48. The van der Waals surface area contributed by atoms with E-state index in [2.05, 4.69) is 29.3 Å². The Labute approximate surface area is 171 Å². The summed E-state index contributed by atoms with van der Waals surface area (Å²) in [6.45, 7) is 2.12. The Morgan fingerprint density at radius 1 is 1.11 bits per heavy atom. The molecule has 0 saturated heterocycles. The first kappa shape index (κ1) is 20.7. The molecular formula is C20H20F2N2O2S2. The number of aromatic nitrogens is 2. The van der Waals surface area contributed by atoms with Gasteiger partial charge in [0, 0.05) is 12.2 Å². The van der Waals surface area contributed by atoms with Crippen LogP contribution in [0, 0.1) is 0 Å². The molecule has 0 bridgehead atoms. The average molecular weight is 423 g/mol. The summed E-state index contributed by atoms with van der Waals surface area (Å²) < 4.78 is 36.1. The lowest BCUT2D eigenvalue weighted by Gasteiger charge is -2.09. The lowest BCUT2D eigenvalue weighted by molar-refractivity contribution is 0.251. The first-order valence-corrected chi connectivity index (χ1v) is 10.5. The van der Waals surface area contributed by atoms with Crippen LogP contribution in [0.25, 0.3) is 0 Å². The van der Waals surface area contributed by atoms with E-state index in [0.29, 0.717) is 45.7 Å². The molecule has 0 radical (unpaired) electrons. The maximum atomic E-state index is 12.6. The van der Waals surface area contributed by atoms with Crippen LogP contribution in [0.4, 0.5) is 8.78 Å². The van der Waals surface area contributed by atoms with Gasteiger partial charge in [-0.05, 0) is 29.2 Å². The number of benzene rings is 2. The highest BCUT2D eigenvalue weighted by atomic mass is 32.2. The van der Waals surface area contributed by atoms with Crippen molar-refractivity contribution >= 4 is 23.5 Å². The van der Waals surface area contributed by atoms with E-state index >= 15 is 0 Å². The SMILES string of the molecule is COc1cc(CSc2nnc(CC(C)c3ccccc3)o2)ccc1SC(F)F. The first-order valence-electron chi connectivity index (χ1n) is 8.67. The molecule has 0 aliphatic rings. The fourth-order valence-corrected chi connectivity index (χ4v) is 4.00. The van der Waals surface area contributed by atoms with Gasteiger partial charge in [0.25, 0.3) is 11.0 Å². The molecule has 0 aliphatic heterocycles. The maximum Gasteiger partial charge on any atom is 0.289 e. The van der Waals surface area contributed by atoms with Crippen molar-refractivity contribution < 1.29 is 17.9 Å². The summed E-state index contributed by atoms with van der Waals surface area (Å²) in [4.78, 5) is 0.418. The number of nitrogens with zero attached hydrogens (tertiary/aromatic N) is 2. The number of halogens is 2. The van der Waals surface area contributed by atoms with Crippen molar-refractivity contribution in [1.82, 2.24) is 10.2 Å². The maximum absolute atomic E-state index is 12.6. The predicted octanol–water partition coefficient (Wildman–Crippen LogP) is 6.03. The fourth-order valence-electron chi connectivity index (χ4n) is 2.68. The van der Waals surface area contributed by atoms with Crippen LogP contribution < -0.4 is 4.74 Å². The van der Waals surface area contributed by atoms with Gasteiger partial charge in [-0.25, -0.2) is 0 Å². The number of methoxy groups -OCH3 is 1. The molecule has 2 aromatic carbocycles. The summed E-state index contributed by atoms with van der Waals surface area (Å²) in [5.74, 6) is -0.592. The lowest BCUT2D eigenvalue weighted by Crippen LogP contribution is -1.98. The molecule has 0 aliphatic carbocycles. The number of rotatable bonds is 9. The van der Waals surface area contributed by atoms with Crippen molar-refractivity contribution in [2.75, 3.05) is 7.11 Å². The molecule has 148 valence electrons. The highest BCUT2D eigenvalue weighted by Gasteiger charge is 2.14. The molecule has 3 aromatic rings. The Morgan fingerprint density at radius 3 is 2.61 bits per heavy atom. The molecule has 28 heavy (non-hydrogen) atoms. The lowest BCUT2D eigenvalue weighted by atomic mass is 9.98. The van der Waals surface area contributed by atoms with Gasteiger partial charge in [-0.3, -0.25) is 0 Å². The van der Waals surface area contributed by atoms with Crippen LogP contribution in [0.3, 0.4) is 0 Å². The van der Waals surface area contributed by atoms with Gasteiger partial charge in [0.15, 0.2) is 0 Å². The Bertz CT molecular complexity index is 891. The van der Waals surface area contributed by atoms with Gasteiger partial charge >= 0.3 is 0 Å². The molecule has 0 saturated carbocycles. The third-order valence-corrected chi connectivity index (χ3v) is 5.76. The largest absolute Gasteiger partial charge is 0.496 e. The zero-order valence-corrected chi connectivity index (χ0v) is 17.1. The minimum absolute atomic E-state index is 0.281. The van der Waals surface area contributed by atoms with Gasteiger partial charge < -0.3 is 9.15 Å². The van der Waals surface area contributed by atoms with Crippen molar-refractivity contribution in [1.29, 1.82) is 0 Å². The average Bonchev–Trinajstić information content (AvgIpc) is 3.14. The molecule has 3 rings (SSSR count). The minimum Gasteiger partial charge on any atom is -0.496 e. The second-order valence-electron chi connectivity index (χ2n) is 6.13. The van der Waals surface area contributed by atoms with E-state index in [-0.39, 0.29) is 5.92 Å². The van der Waals surface area contributed by atoms with Crippen LogP contribution >= 0.6 is 23.5 Å². The monoisotopic (exact) mass is 422 g/mol. The molecule has 1 heterocycles. The highest BCUT2D eigenvalue weighted by molar-refractivity contribution is 7.99. The summed E-state index contributed by atoms with van der Waals surface area (Å²) in [6.07, 6.45) is 0.672. The number of alkyl halides is 2. The highest BCUT2D eigenvalue weighted by Crippen LogP contribution is 2.35. The van der Waals surface area contributed by atoms with Crippen LogP contribution in [-0.4, -0.2) is 23.1 Å². The van der Waals surface area contributed by atoms with Crippen molar-refractivity contribution in [2.45, 2.75) is 40.9 Å². The predicted molar refractivity (Wildman–Crippen MR) is 107 cm³/mol. The van der Waals surface area contributed by atoms with Crippen LogP contribution in [-0.2, 0) is 12.2 Å². The van der Waals surface area contributed by atoms with Crippen molar-refractivity contribution in [3.63, 3.8) is 0 Å². The smallest absolute Gasteiger partial charge is 0.289 e. The summed E-state index contributed by atoms with van der Waals surface area (Å²) in [7, 11) is 1.47. The Balaban J connectivity index is 1.58. The van der Waals surface area contributed by atoms with Gasteiger partial charge in [0.05, 0.1) is 12.0 Å². The summed E-state index contributed by atoms with van der Waals surface area (Å²) in [5.41, 5.74) is 2.15. The molecule has 4 nitrogen and oxygen atoms in total. The number of hydrogen-bond acceptors (Lipinski definition) is 6. The standard InChI is InChI=1S/C20H20F2N2O2S2/c1-13(15-6-4-3-5-7-15)10-18-23-24-20(26-18)27-12-14-8-9-17(28-19(21)22)16(11-14)25-2/h3-9,11,13,19H,10,12H2,1-2H3. The van der Waals surface area contributed by atoms with Crippen LogP contribution in [0.1, 0.15) is 29.9 Å². The number of thioether (sulfide) groups is 2. The quantitative estimate of drug-likeness (QED) is 0.392.